The Balaban J connectivity index is 1.68. The molecule has 1 aromatic carbocycles. The van der Waals surface area contributed by atoms with Gasteiger partial charge in [0.25, 0.3) is 0 Å². The van der Waals surface area contributed by atoms with Crippen molar-refractivity contribution in [2.75, 3.05) is 25.0 Å². The molecule has 1 fully saturated rings. The fourth-order valence-corrected chi connectivity index (χ4v) is 3.60. The first kappa shape index (κ1) is 18.0. The van der Waals surface area contributed by atoms with Crippen molar-refractivity contribution in [3.05, 3.63) is 47.8 Å². The minimum atomic E-state index is 0.273. The first-order valence-electron chi connectivity index (χ1n) is 9.35. The summed E-state index contributed by atoms with van der Waals surface area (Å²) >= 11 is 0. The van der Waals surface area contributed by atoms with E-state index in [0.717, 1.165) is 38.9 Å². The summed E-state index contributed by atoms with van der Waals surface area (Å²) in [5, 5.41) is 17.3. The molecule has 25 heavy (non-hydrogen) atoms. The summed E-state index contributed by atoms with van der Waals surface area (Å²) < 4.78 is 1.86. The fourth-order valence-electron chi connectivity index (χ4n) is 3.60. The highest BCUT2D eigenvalue weighted by molar-refractivity contribution is 5.52. The highest BCUT2D eigenvalue weighted by Crippen LogP contribution is 2.27. The van der Waals surface area contributed by atoms with Crippen LogP contribution in [0.15, 0.2) is 36.7 Å². The molecule has 5 nitrogen and oxygen atoms in total. The quantitative estimate of drug-likeness (QED) is 0.811. The third-order valence-corrected chi connectivity index (χ3v) is 5.24. The maximum Gasteiger partial charge on any atom is 0.0542 e. The number of nitrogens with zero attached hydrogens (tertiary/aromatic N) is 3. The summed E-state index contributed by atoms with van der Waals surface area (Å²) in [6.07, 6.45) is 7.24. The first-order valence-corrected chi connectivity index (χ1v) is 9.35. The van der Waals surface area contributed by atoms with Gasteiger partial charge in [0.1, 0.15) is 0 Å². The normalized spacial score (nSPS) is 17.6. The molecule has 0 amide bonds. The van der Waals surface area contributed by atoms with E-state index in [2.05, 4.69) is 52.7 Å². The Morgan fingerprint density at radius 2 is 2.04 bits per heavy atom. The Morgan fingerprint density at radius 3 is 2.68 bits per heavy atom. The minimum absolute atomic E-state index is 0.273. The number of aliphatic hydroxyl groups is 1. The molecule has 1 unspecified atom stereocenters. The number of aliphatic hydroxyl groups excluding tert-OH is 1. The second kappa shape index (κ2) is 8.50. The molecule has 0 bridgehead atoms. The number of aromatic nitrogens is 2. The Morgan fingerprint density at radius 1 is 1.28 bits per heavy atom. The number of anilines is 1. The number of rotatable bonds is 7. The van der Waals surface area contributed by atoms with Crippen LogP contribution in [0.5, 0.6) is 0 Å². The van der Waals surface area contributed by atoms with E-state index in [9.17, 15) is 5.11 Å². The highest BCUT2D eigenvalue weighted by atomic mass is 16.3. The molecule has 2 heterocycles. The van der Waals surface area contributed by atoms with Gasteiger partial charge in [-0.3, -0.25) is 9.58 Å². The van der Waals surface area contributed by atoms with Crippen molar-refractivity contribution < 1.29 is 5.11 Å². The topological polar surface area (TPSA) is 53.3 Å². The van der Waals surface area contributed by atoms with Crippen molar-refractivity contribution in [2.24, 2.45) is 13.0 Å². The summed E-state index contributed by atoms with van der Waals surface area (Å²) in [4.78, 5) is 2.50. The lowest BCUT2D eigenvalue weighted by Gasteiger charge is -2.32. The van der Waals surface area contributed by atoms with Gasteiger partial charge in [-0.15, -0.1) is 0 Å². The average molecular weight is 342 g/mol. The van der Waals surface area contributed by atoms with E-state index in [4.69, 9.17) is 0 Å². The Labute approximate surface area is 150 Å². The van der Waals surface area contributed by atoms with Gasteiger partial charge in [-0.05, 0) is 49.9 Å². The lowest BCUT2D eigenvalue weighted by Crippen LogP contribution is -2.34. The third kappa shape index (κ3) is 4.61. The van der Waals surface area contributed by atoms with Gasteiger partial charge in [0, 0.05) is 37.6 Å². The minimum Gasteiger partial charge on any atom is -0.396 e. The van der Waals surface area contributed by atoms with Crippen molar-refractivity contribution in [2.45, 2.75) is 38.8 Å². The van der Waals surface area contributed by atoms with Crippen LogP contribution in [0.1, 0.15) is 43.4 Å². The van der Waals surface area contributed by atoms with Crippen LogP contribution in [0, 0.1) is 5.92 Å². The van der Waals surface area contributed by atoms with E-state index < -0.39 is 0 Å². The largest absolute Gasteiger partial charge is 0.396 e. The van der Waals surface area contributed by atoms with E-state index in [1.165, 1.54) is 16.8 Å². The number of benzene rings is 1. The molecule has 3 rings (SSSR count). The molecule has 1 saturated heterocycles. The summed E-state index contributed by atoms with van der Waals surface area (Å²) in [6, 6.07) is 8.88. The maximum atomic E-state index is 9.31. The molecule has 136 valence electrons. The van der Waals surface area contributed by atoms with Crippen LogP contribution in [0.25, 0.3) is 0 Å². The monoisotopic (exact) mass is 342 g/mol. The van der Waals surface area contributed by atoms with Crippen LogP contribution in [-0.2, 0) is 13.6 Å². The van der Waals surface area contributed by atoms with Crippen LogP contribution in [-0.4, -0.2) is 39.5 Å². The predicted molar refractivity (Wildman–Crippen MR) is 101 cm³/mol. The van der Waals surface area contributed by atoms with Crippen molar-refractivity contribution in [1.29, 1.82) is 0 Å². The van der Waals surface area contributed by atoms with Crippen molar-refractivity contribution in [3.63, 3.8) is 0 Å². The molecule has 2 aromatic rings. The molecule has 0 radical (unpaired) electrons. The van der Waals surface area contributed by atoms with Crippen LogP contribution in [0.4, 0.5) is 5.69 Å². The molecule has 5 heteroatoms. The summed E-state index contributed by atoms with van der Waals surface area (Å²) in [6.45, 7) is 5.63. The Kier molecular flexibility index (Phi) is 6.10. The van der Waals surface area contributed by atoms with Gasteiger partial charge in [0.05, 0.1) is 12.2 Å². The molecular weight excluding hydrogens is 312 g/mol. The number of aryl methyl sites for hydroxylation is 1. The van der Waals surface area contributed by atoms with Gasteiger partial charge in [-0.25, -0.2) is 0 Å². The SMILES string of the molecule is CCC(Nc1ccccc1CN1CCC(CO)CC1)c1cnn(C)c1. The standard InChI is InChI=1S/C20H30N4O/c1-3-19(18-12-21-23(2)13-18)22-20-7-5-4-6-17(20)14-24-10-8-16(15-25)9-11-24/h4-7,12-13,16,19,22,25H,3,8-11,14-15H2,1-2H3. The van der Waals surface area contributed by atoms with E-state index in [0.29, 0.717) is 12.5 Å². The van der Waals surface area contributed by atoms with Gasteiger partial charge in [-0.1, -0.05) is 25.1 Å². The van der Waals surface area contributed by atoms with Crippen molar-refractivity contribution in [3.8, 4) is 0 Å². The zero-order valence-corrected chi connectivity index (χ0v) is 15.4. The Bertz CT molecular complexity index is 661. The highest BCUT2D eigenvalue weighted by Gasteiger charge is 2.20. The molecule has 2 N–H and O–H groups in total. The number of hydrogen-bond donors (Lipinski definition) is 2. The van der Waals surface area contributed by atoms with Gasteiger partial charge in [0.15, 0.2) is 0 Å². The van der Waals surface area contributed by atoms with E-state index in [-0.39, 0.29) is 6.04 Å². The molecule has 1 aromatic heterocycles. The second-order valence-electron chi connectivity index (χ2n) is 7.11. The van der Waals surface area contributed by atoms with Crippen LogP contribution < -0.4 is 5.32 Å². The number of hydrogen-bond acceptors (Lipinski definition) is 4. The van der Waals surface area contributed by atoms with E-state index >= 15 is 0 Å². The van der Waals surface area contributed by atoms with Crippen LogP contribution in [0.3, 0.4) is 0 Å². The van der Waals surface area contributed by atoms with Crippen molar-refractivity contribution >= 4 is 5.69 Å². The van der Waals surface area contributed by atoms with Gasteiger partial charge in [0.2, 0.25) is 0 Å². The second-order valence-corrected chi connectivity index (χ2v) is 7.11. The number of piperidine rings is 1. The van der Waals surface area contributed by atoms with Crippen LogP contribution in [0.2, 0.25) is 0 Å². The molecule has 0 spiro atoms. The molecule has 1 aliphatic rings. The zero-order valence-electron chi connectivity index (χ0n) is 15.4. The summed E-state index contributed by atoms with van der Waals surface area (Å²) in [5.41, 5.74) is 3.78. The molecule has 1 atom stereocenters. The smallest absolute Gasteiger partial charge is 0.0542 e. The first-order chi connectivity index (χ1) is 12.2. The third-order valence-electron chi connectivity index (χ3n) is 5.24. The predicted octanol–water partition coefficient (Wildman–Crippen LogP) is 3.19. The number of para-hydroxylation sites is 1. The molecular formula is C20H30N4O. The summed E-state index contributed by atoms with van der Waals surface area (Å²) in [5.74, 6) is 0.486. The summed E-state index contributed by atoms with van der Waals surface area (Å²) in [7, 11) is 1.96. The fraction of sp³-hybridized carbons (Fsp3) is 0.550. The zero-order chi connectivity index (χ0) is 17.6. The lowest BCUT2D eigenvalue weighted by molar-refractivity contribution is 0.127. The molecule has 1 aliphatic heterocycles. The van der Waals surface area contributed by atoms with Crippen molar-refractivity contribution in [1.82, 2.24) is 14.7 Å². The molecule has 0 aliphatic carbocycles. The van der Waals surface area contributed by atoms with E-state index in [1.807, 2.05) is 17.9 Å². The van der Waals surface area contributed by atoms with Gasteiger partial charge >= 0.3 is 0 Å². The van der Waals surface area contributed by atoms with Gasteiger partial charge < -0.3 is 10.4 Å². The Hall–Kier alpha value is -1.85. The average Bonchev–Trinajstić information content (AvgIpc) is 3.08. The lowest BCUT2D eigenvalue weighted by atomic mass is 9.97. The number of nitrogens with one attached hydrogen (secondary N) is 1. The van der Waals surface area contributed by atoms with E-state index in [1.54, 1.807) is 0 Å². The van der Waals surface area contributed by atoms with Gasteiger partial charge in [-0.2, -0.15) is 5.10 Å². The van der Waals surface area contributed by atoms with Crippen LogP contribution >= 0.6 is 0 Å². The molecule has 0 saturated carbocycles. The maximum absolute atomic E-state index is 9.31. The number of likely N-dealkylation sites (tertiary alicyclic amines) is 1.